The minimum atomic E-state index is -3.41. The summed E-state index contributed by atoms with van der Waals surface area (Å²) in [5.41, 5.74) is 0.634. The van der Waals surface area contributed by atoms with Crippen LogP contribution in [0.25, 0.3) is 11.3 Å². The van der Waals surface area contributed by atoms with Gasteiger partial charge in [-0.25, -0.2) is 17.8 Å². The summed E-state index contributed by atoms with van der Waals surface area (Å²) in [6.45, 7) is 0. The molecule has 2 aromatic rings. The lowest BCUT2D eigenvalue weighted by Gasteiger charge is -2.08. The average Bonchev–Trinajstić information content (AvgIpc) is 2.85. The third kappa shape index (κ3) is 3.83. The second-order valence-electron chi connectivity index (χ2n) is 4.82. The van der Waals surface area contributed by atoms with Gasteiger partial charge in [-0.15, -0.1) is 0 Å². The van der Waals surface area contributed by atoms with Crippen LogP contribution in [-0.4, -0.2) is 36.0 Å². The highest BCUT2D eigenvalue weighted by Crippen LogP contribution is 2.27. The zero-order valence-electron chi connectivity index (χ0n) is 11.8. The Balaban J connectivity index is 2.39. The highest BCUT2D eigenvalue weighted by atomic mass is 35.5. The van der Waals surface area contributed by atoms with Gasteiger partial charge >= 0.3 is 0 Å². The van der Waals surface area contributed by atoms with E-state index >= 15 is 0 Å². The maximum Gasteiger partial charge on any atom is 0.255 e. The number of halogens is 2. The first-order valence-electron chi connectivity index (χ1n) is 6.10. The standard InChI is InChI=1S/C13H13ClFN3O3S/c1-18-5-11(16-6-18)8-3-9(12(15)10(14)4-8)13(19)17-7-22(2,20)21/h3-6H,7H2,1-2H3,(H,17,19). The highest BCUT2D eigenvalue weighted by Gasteiger charge is 2.18. The molecule has 0 saturated carbocycles. The Labute approximate surface area is 131 Å². The van der Waals surface area contributed by atoms with Crippen LogP contribution in [0.3, 0.4) is 0 Å². The fourth-order valence-electron chi connectivity index (χ4n) is 1.76. The number of aryl methyl sites for hydroxylation is 1. The Hall–Kier alpha value is -1.93. The van der Waals surface area contributed by atoms with Gasteiger partial charge in [-0.1, -0.05) is 11.6 Å². The van der Waals surface area contributed by atoms with Crippen molar-refractivity contribution in [3.05, 3.63) is 41.1 Å². The third-order valence-corrected chi connectivity index (χ3v) is 3.71. The summed E-state index contributed by atoms with van der Waals surface area (Å²) in [5.74, 6) is -2.36. The van der Waals surface area contributed by atoms with E-state index in [-0.39, 0.29) is 10.6 Å². The van der Waals surface area contributed by atoms with Crippen LogP contribution in [0.4, 0.5) is 4.39 Å². The van der Waals surface area contributed by atoms with E-state index in [1.54, 1.807) is 24.1 Å². The van der Waals surface area contributed by atoms with Crippen molar-refractivity contribution in [2.75, 3.05) is 12.1 Å². The Bertz CT molecular complexity index is 833. The summed E-state index contributed by atoms with van der Waals surface area (Å²) in [7, 11) is -1.65. The molecule has 0 unspecified atom stereocenters. The topological polar surface area (TPSA) is 81.1 Å². The summed E-state index contributed by atoms with van der Waals surface area (Å²) >= 11 is 5.80. The van der Waals surface area contributed by atoms with Crippen molar-refractivity contribution in [3.63, 3.8) is 0 Å². The summed E-state index contributed by atoms with van der Waals surface area (Å²) < 4.78 is 37.8. The molecule has 0 spiro atoms. The molecule has 1 aromatic carbocycles. The number of aromatic nitrogens is 2. The number of amides is 1. The third-order valence-electron chi connectivity index (χ3n) is 2.77. The largest absolute Gasteiger partial charge is 0.340 e. The maximum absolute atomic E-state index is 14.0. The van der Waals surface area contributed by atoms with Gasteiger partial charge in [0, 0.05) is 25.1 Å². The molecule has 0 aliphatic rings. The Morgan fingerprint density at radius 2 is 2.14 bits per heavy atom. The van der Waals surface area contributed by atoms with Crippen LogP contribution < -0.4 is 5.32 Å². The number of benzene rings is 1. The molecular formula is C13H13ClFN3O3S. The van der Waals surface area contributed by atoms with Gasteiger partial charge in [0.25, 0.3) is 5.91 Å². The Morgan fingerprint density at radius 3 is 2.68 bits per heavy atom. The van der Waals surface area contributed by atoms with Crippen LogP contribution >= 0.6 is 11.6 Å². The molecule has 1 amide bonds. The quantitative estimate of drug-likeness (QED) is 0.912. The van der Waals surface area contributed by atoms with Crippen molar-refractivity contribution in [2.24, 2.45) is 7.05 Å². The Morgan fingerprint density at radius 1 is 1.45 bits per heavy atom. The van der Waals surface area contributed by atoms with Crippen LogP contribution in [0, 0.1) is 5.82 Å². The number of rotatable bonds is 4. The monoisotopic (exact) mass is 345 g/mol. The number of carbonyl (C=O) groups is 1. The number of nitrogens with zero attached hydrogens (tertiary/aromatic N) is 2. The molecule has 1 aromatic heterocycles. The van der Waals surface area contributed by atoms with E-state index < -0.39 is 27.4 Å². The number of nitrogens with one attached hydrogen (secondary N) is 1. The summed E-state index contributed by atoms with van der Waals surface area (Å²) in [4.78, 5) is 16.1. The van der Waals surface area contributed by atoms with E-state index in [4.69, 9.17) is 11.6 Å². The van der Waals surface area contributed by atoms with Gasteiger partial charge in [0.2, 0.25) is 0 Å². The zero-order valence-corrected chi connectivity index (χ0v) is 13.4. The first kappa shape index (κ1) is 16.4. The summed E-state index contributed by atoms with van der Waals surface area (Å²) in [6.07, 6.45) is 4.19. The molecule has 0 aliphatic heterocycles. The van der Waals surface area contributed by atoms with Gasteiger partial charge < -0.3 is 9.88 Å². The van der Waals surface area contributed by atoms with Gasteiger partial charge in [-0.3, -0.25) is 4.79 Å². The number of imidazole rings is 1. The molecule has 0 radical (unpaired) electrons. The molecule has 6 nitrogen and oxygen atoms in total. The van der Waals surface area contributed by atoms with Gasteiger partial charge in [0.05, 0.1) is 22.6 Å². The number of hydrogen-bond acceptors (Lipinski definition) is 4. The minimum absolute atomic E-state index is 0.243. The van der Waals surface area contributed by atoms with E-state index in [0.29, 0.717) is 11.3 Å². The number of hydrogen-bond donors (Lipinski definition) is 1. The van der Waals surface area contributed by atoms with Crippen molar-refractivity contribution in [1.29, 1.82) is 0 Å². The number of sulfone groups is 1. The SMILES string of the molecule is Cn1cnc(-c2cc(Cl)c(F)c(C(=O)NCS(C)(=O)=O)c2)c1. The molecule has 22 heavy (non-hydrogen) atoms. The van der Waals surface area contributed by atoms with Crippen LogP contribution in [-0.2, 0) is 16.9 Å². The van der Waals surface area contributed by atoms with Gasteiger partial charge in [-0.2, -0.15) is 0 Å². The van der Waals surface area contributed by atoms with Crippen molar-refractivity contribution < 1.29 is 17.6 Å². The molecule has 0 atom stereocenters. The lowest BCUT2D eigenvalue weighted by Crippen LogP contribution is -2.29. The van der Waals surface area contributed by atoms with E-state index in [1.165, 1.54) is 12.1 Å². The fraction of sp³-hybridized carbons (Fsp3) is 0.231. The smallest absolute Gasteiger partial charge is 0.255 e. The van der Waals surface area contributed by atoms with Crippen molar-refractivity contribution in [3.8, 4) is 11.3 Å². The second kappa shape index (κ2) is 6.05. The normalized spacial score (nSPS) is 11.5. The second-order valence-corrected chi connectivity index (χ2v) is 7.37. The highest BCUT2D eigenvalue weighted by molar-refractivity contribution is 7.90. The summed E-state index contributed by atoms with van der Waals surface area (Å²) in [5, 5.41) is 1.90. The number of carbonyl (C=O) groups excluding carboxylic acids is 1. The fourth-order valence-corrected chi connectivity index (χ4v) is 2.37. The lowest BCUT2D eigenvalue weighted by molar-refractivity contribution is 0.0956. The van der Waals surface area contributed by atoms with Gasteiger partial charge in [-0.05, 0) is 12.1 Å². The zero-order chi connectivity index (χ0) is 16.5. The van der Waals surface area contributed by atoms with Crippen LogP contribution in [0.5, 0.6) is 0 Å². The van der Waals surface area contributed by atoms with Crippen LogP contribution in [0.2, 0.25) is 5.02 Å². The summed E-state index contributed by atoms with van der Waals surface area (Å²) in [6, 6.07) is 2.63. The van der Waals surface area contributed by atoms with E-state index in [1.807, 2.05) is 0 Å². The molecule has 2 rings (SSSR count). The van der Waals surface area contributed by atoms with Crippen molar-refractivity contribution >= 4 is 27.3 Å². The van der Waals surface area contributed by atoms with E-state index in [0.717, 1.165) is 6.26 Å². The lowest BCUT2D eigenvalue weighted by atomic mass is 10.1. The van der Waals surface area contributed by atoms with Gasteiger partial charge in [0.15, 0.2) is 15.7 Å². The predicted molar refractivity (Wildman–Crippen MR) is 80.8 cm³/mol. The molecular weight excluding hydrogens is 333 g/mol. The first-order valence-corrected chi connectivity index (χ1v) is 8.54. The molecule has 0 aliphatic carbocycles. The average molecular weight is 346 g/mol. The molecule has 0 saturated heterocycles. The first-order chi connectivity index (χ1) is 10.2. The van der Waals surface area contributed by atoms with E-state index in [9.17, 15) is 17.6 Å². The Kier molecular flexibility index (Phi) is 4.52. The molecule has 1 heterocycles. The van der Waals surface area contributed by atoms with Gasteiger partial charge in [0.1, 0.15) is 5.88 Å². The minimum Gasteiger partial charge on any atom is -0.340 e. The van der Waals surface area contributed by atoms with Crippen molar-refractivity contribution in [1.82, 2.24) is 14.9 Å². The maximum atomic E-state index is 14.0. The van der Waals surface area contributed by atoms with Crippen LogP contribution in [0.1, 0.15) is 10.4 Å². The van der Waals surface area contributed by atoms with E-state index in [2.05, 4.69) is 10.3 Å². The molecule has 0 fully saturated rings. The molecule has 0 bridgehead atoms. The molecule has 9 heteroatoms. The van der Waals surface area contributed by atoms with Crippen molar-refractivity contribution in [2.45, 2.75) is 0 Å². The van der Waals surface area contributed by atoms with Crippen LogP contribution in [0.15, 0.2) is 24.7 Å². The predicted octanol–water partition coefficient (Wildman–Crippen LogP) is 1.61. The molecule has 118 valence electrons. The molecule has 1 N–H and O–H groups in total.